The van der Waals surface area contributed by atoms with Crippen LogP contribution in [0.2, 0.25) is 0 Å². The van der Waals surface area contributed by atoms with Crippen LogP contribution in [0, 0.1) is 0 Å². The quantitative estimate of drug-likeness (QED) is 0.582. The Labute approximate surface area is 122 Å². The van der Waals surface area contributed by atoms with Crippen molar-refractivity contribution < 1.29 is 0 Å². The zero-order valence-corrected chi connectivity index (χ0v) is 12.2. The molecular formula is C12H11N5OS2. The van der Waals surface area contributed by atoms with Crippen molar-refractivity contribution >= 4 is 33.7 Å². The lowest BCUT2D eigenvalue weighted by atomic mass is 10.1. The van der Waals surface area contributed by atoms with E-state index in [2.05, 4.69) is 15.3 Å². The highest BCUT2D eigenvalue weighted by Crippen LogP contribution is 2.20. The first kappa shape index (κ1) is 13.1. The smallest absolute Gasteiger partial charge is 0.297 e. The van der Waals surface area contributed by atoms with Crippen LogP contribution < -0.4 is 11.3 Å². The molecule has 3 rings (SSSR count). The number of nitrogens with two attached hydrogens (primary N) is 1. The normalized spacial score (nSPS) is 11.1. The topological polar surface area (TPSA) is 86.2 Å². The van der Waals surface area contributed by atoms with Gasteiger partial charge in [0.25, 0.3) is 5.56 Å². The molecule has 102 valence electrons. The van der Waals surface area contributed by atoms with Crippen LogP contribution in [0.3, 0.4) is 0 Å². The van der Waals surface area contributed by atoms with Gasteiger partial charge in [-0.3, -0.25) is 4.79 Å². The van der Waals surface area contributed by atoms with E-state index in [-0.39, 0.29) is 5.56 Å². The molecule has 0 spiro atoms. The van der Waals surface area contributed by atoms with E-state index >= 15 is 0 Å². The van der Waals surface area contributed by atoms with Crippen molar-refractivity contribution in [2.75, 3.05) is 12.0 Å². The summed E-state index contributed by atoms with van der Waals surface area (Å²) < 4.78 is 2.09. The molecule has 0 amide bonds. The first-order chi connectivity index (χ1) is 9.69. The predicted molar refractivity (Wildman–Crippen MR) is 80.4 cm³/mol. The number of anilines is 1. The Morgan fingerprint density at radius 3 is 2.90 bits per heavy atom. The van der Waals surface area contributed by atoms with E-state index in [1.165, 1.54) is 27.6 Å². The summed E-state index contributed by atoms with van der Waals surface area (Å²) in [5.41, 5.74) is 7.49. The zero-order chi connectivity index (χ0) is 14.1. The van der Waals surface area contributed by atoms with Gasteiger partial charge in [-0.25, -0.2) is 0 Å². The average molecular weight is 305 g/mol. The van der Waals surface area contributed by atoms with Crippen molar-refractivity contribution in [1.29, 1.82) is 0 Å². The number of nitrogens with zero attached hydrogens (tertiary/aromatic N) is 4. The third-order valence-electron chi connectivity index (χ3n) is 2.82. The minimum Gasteiger partial charge on any atom is -0.398 e. The minimum absolute atomic E-state index is 0.241. The number of rotatable bonds is 3. The SMILES string of the molecule is CSc1nn2c(=O)c(Cc3ccccc3N)nnc2s1. The third kappa shape index (κ3) is 2.27. The Hall–Kier alpha value is -1.93. The summed E-state index contributed by atoms with van der Waals surface area (Å²) in [4.78, 5) is 12.8. The zero-order valence-electron chi connectivity index (χ0n) is 10.6. The molecule has 0 bridgehead atoms. The Kier molecular flexibility index (Phi) is 3.41. The van der Waals surface area contributed by atoms with Crippen LogP contribution in [-0.4, -0.2) is 26.1 Å². The third-order valence-corrected chi connectivity index (χ3v) is 4.70. The standard InChI is InChI=1S/C12H11N5OS2/c1-19-12-16-17-10(18)9(14-15-11(17)20-12)6-7-4-2-3-5-8(7)13/h2-5H,6,13H2,1H3. The molecule has 3 aromatic rings. The van der Waals surface area contributed by atoms with Gasteiger partial charge in [0, 0.05) is 12.1 Å². The first-order valence-corrected chi connectivity index (χ1v) is 7.86. The second kappa shape index (κ2) is 5.22. The fraction of sp³-hybridized carbons (Fsp3) is 0.167. The Balaban J connectivity index is 2.06. The van der Waals surface area contributed by atoms with Crippen molar-refractivity contribution in [3.63, 3.8) is 0 Å². The highest BCUT2D eigenvalue weighted by Gasteiger charge is 2.12. The van der Waals surface area contributed by atoms with Crippen molar-refractivity contribution in [2.24, 2.45) is 0 Å². The van der Waals surface area contributed by atoms with Crippen LogP contribution in [0.15, 0.2) is 33.4 Å². The molecule has 0 atom stereocenters. The van der Waals surface area contributed by atoms with Crippen LogP contribution in [0.5, 0.6) is 0 Å². The van der Waals surface area contributed by atoms with Crippen molar-refractivity contribution in [1.82, 2.24) is 19.8 Å². The van der Waals surface area contributed by atoms with Gasteiger partial charge in [0.05, 0.1) is 0 Å². The van der Waals surface area contributed by atoms with E-state index < -0.39 is 0 Å². The van der Waals surface area contributed by atoms with Crippen LogP contribution in [0.1, 0.15) is 11.3 Å². The van der Waals surface area contributed by atoms with Gasteiger partial charge in [-0.2, -0.15) is 4.52 Å². The highest BCUT2D eigenvalue weighted by atomic mass is 32.2. The molecule has 2 N–H and O–H groups in total. The number of benzene rings is 1. The minimum atomic E-state index is -0.241. The predicted octanol–water partition coefficient (Wildman–Crippen LogP) is 1.44. The van der Waals surface area contributed by atoms with E-state index in [1.807, 2.05) is 24.5 Å². The van der Waals surface area contributed by atoms with Gasteiger partial charge < -0.3 is 5.73 Å². The van der Waals surface area contributed by atoms with Gasteiger partial charge in [0.1, 0.15) is 5.69 Å². The molecule has 20 heavy (non-hydrogen) atoms. The second-order valence-corrected chi connectivity index (χ2v) is 6.10. The summed E-state index contributed by atoms with van der Waals surface area (Å²) in [6, 6.07) is 7.41. The second-order valence-electron chi connectivity index (χ2n) is 4.09. The largest absolute Gasteiger partial charge is 0.398 e. The molecule has 0 aliphatic heterocycles. The Bertz CT molecular complexity index is 826. The summed E-state index contributed by atoms with van der Waals surface area (Å²) in [6.07, 6.45) is 2.26. The van der Waals surface area contributed by atoms with Gasteiger partial charge in [-0.05, 0) is 17.9 Å². The molecular weight excluding hydrogens is 294 g/mol. The number of hydrogen-bond acceptors (Lipinski definition) is 7. The highest BCUT2D eigenvalue weighted by molar-refractivity contribution is 8.00. The van der Waals surface area contributed by atoms with E-state index in [0.29, 0.717) is 22.8 Å². The van der Waals surface area contributed by atoms with E-state index in [0.717, 1.165) is 9.90 Å². The molecule has 0 unspecified atom stereocenters. The summed E-state index contributed by atoms with van der Waals surface area (Å²) in [7, 11) is 0. The van der Waals surface area contributed by atoms with Crippen LogP contribution >= 0.6 is 23.1 Å². The van der Waals surface area contributed by atoms with Crippen molar-refractivity contribution in [2.45, 2.75) is 10.8 Å². The van der Waals surface area contributed by atoms with Crippen LogP contribution in [-0.2, 0) is 6.42 Å². The fourth-order valence-corrected chi connectivity index (χ4v) is 3.09. The Morgan fingerprint density at radius 1 is 1.35 bits per heavy atom. The molecule has 0 aliphatic carbocycles. The van der Waals surface area contributed by atoms with Crippen LogP contribution in [0.4, 0.5) is 5.69 Å². The fourth-order valence-electron chi connectivity index (χ4n) is 1.80. The van der Waals surface area contributed by atoms with E-state index in [1.54, 1.807) is 6.07 Å². The maximum Gasteiger partial charge on any atom is 0.297 e. The number of thioether (sulfide) groups is 1. The van der Waals surface area contributed by atoms with Gasteiger partial charge in [-0.15, -0.1) is 15.3 Å². The summed E-state index contributed by atoms with van der Waals surface area (Å²) >= 11 is 2.82. The first-order valence-electron chi connectivity index (χ1n) is 5.82. The molecule has 0 radical (unpaired) electrons. The lowest BCUT2D eigenvalue weighted by molar-refractivity contribution is 0.788. The molecule has 6 nitrogen and oxygen atoms in total. The lowest BCUT2D eigenvalue weighted by Crippen LogP contribution is -2.22. The Morgan fingerprint density at radius 2 is 2.15 bits per heavy atom. The average Bonchev–Trinajstić information content (AvgIpc) is 2.88. The van der Waals surface area contributed by atoms with E-state index in [9.17, 15) is 4.79 Å². The van der Waals surface area contributed by atoms with Crippen molar-refractivity contribution in [3.05, 3.63) is 45.9 Å². The van der Waals surface area contributed by atoms with Gasteiger partial charge >= 0.3 is 0 Å². The van der Waals surface area contributed by atoms with Crippen LogP contribution in [0.25, 0.3) is 4.96 Å². The number of aromatic nitrogens is 4. The van der Waals surface area contributed by atoms with Crippen molar-refractivity contribution in [3.8, 4) is 0 Å². The molecule has 0 fully saturated rings. The molecule has 2 aromatic heterocycles. The molecule has 0 saturated carbocycles. The number of nitrogen functional groups attached to an aromatic ring is 1. The molecule has 0 aliphatic rings. The summed E-state index contributed by atoms with van der Waals surface area (Å²) in [5, 5.41) is 12.3. The van der Waals surface area contributed by atoms with E-state index in [4.69, 9.17) is 5.73 Å². The maximum absolute atomic E-state index is 12.3. The van der Waals surface area contributed by atoms with Gasteiger partial charge in [0.15, 0.2) is 4.34 Å². The van der Waals surface area contributed by atoms with Gasteiger partial charge in [0.2, 0.25) is 4.96 Å². The number of para-hydroxylation sites is 1. The molecule has 2 heterocycles. The van der Waals surface area contributed by atoms with Gasteiger partial charge in [-0.1, -0.05) is 41.3 Å². The monoisotopic (exact) mass is 305 g/mol. The summed E-state index contributed by atoms with van der Waals surface area (Å²) in [6.45, 7) is 0. The summed E-state index contributed by atoms with van der Waals surface area (Å²) in [5.74, 6) is 0. The number of hydrogen-bond donors (Lipinski definition) is 1. The number of fused-ring (bicyclic) bond motifs is 1. The molecule has 0 saturated heterocycles. The lowest BCUT2D eigenvalue weighted by Gasteiger charge is -2.03. The molecule has 1 aromatic carbocycles. The molecule has 8 heteroatoms. The maximum atomic E-state index is 12.3.